The summed E-state index contributed by atoms with van der Waals surface area (Å²) in [5.74, 6) is 0.343. The number of esters is 1. The highest BCUT2D eigenvalue weighted by Gasteiger charge is 2.46. The van der Waals surface area contributed by atoms with E-state index in [1.807, 2.05) is 85.8 Å². The van der Waals surface area contributed by atoms with Crippen LogP contribution in [0, 0.1) is 6.92 Å². The van der Waals surface area contributed by atoms with Crippen LogP contribution >= 0.6 is 0 Å². The van der Waals surface area contributed by atoms with Crippen LogP contribution in [0.25, 0.3) is 22.5 Å². The fraction of sp³-hybridized carbons (Fsp3) is 0.281. The van der Waals surface area contributed by atoms with Crippen molar-refractivity contribution in [3.8, 4) is 22.5 Å². The molecule has 4 aromatic rings. The van der Waals surface area contributed by atoms with Crippen LogP contribution in [0.2, 0.25) is 0 Å². The molecule has 1 saturated carbocycles. The summed E-state index contributed by atoms with van der Waals surface area (Å²) < 4.78 is 16.3. The average Bonchev–Trinajstić information content (AvgIpc) is 3.29. The smallest absolute Gasteiger partial charge is 0.411 e. The molecule has 7 nitrogen and oxygen atoms in total. The molecule has 0 aliphatic heterocycles. The predicted octanol–water partition coefficient (Wildman–Crippen LogP) is 7.09. The average molecular weight is 525 g/mol. The third-order valence-electron chi connectivity index (χ3n) is 7.35. The number of aromatic nitrogens is 1. The number of benzene rings is 3. The highest BCUT2D eigenvalue weighted by Crippen LogP contribution is 2.45. The summed E-state index contributed by atoms with van der Waals surface area (Å²) in [6, 6.07) is 25.9. The number of nitrogens with one attached hydrogen (secondary N) is 1. The quantitative estimate of drug-likeness (QED) is 0.235. The van der Waals surface area contributed by atoms with Gasteiger partial charge in [0.25, 0.3) is 0 Å². The molecule has 0 saturated heterocycles. The van der Waals surface area contributed by atoms with E-state index in [1.165, 1.54) is 0 Å². The molecule has 0 radical (unpaired) electrons. The SMILES string of the molecule is CCOC(=O)C1(c2ccc(-c3ccc(-c4onc(C)c4NC(=O)OCCc4ccccc4)cc3)cc2)CCC1. The lowest BCUT2D eigenvalue weighted by molar-refractivity contribution is -0.153. The highest BCUT2D eigenvalue weighted by molar-refractivity contribution is 5.91. The highest BCUT2D eigenvalue weighted by atomic mass is 16.5. The number of nitrogens with zero attached hydrogens (tertiary/aromatic N) is 1. The summed E-state index contributed by atoms with van der Waals surface area (Å²) >= 11 is 0. The van der Waals surface area contributed by atoms with Gasteiger partial charge in [-0.1, -0.05) is 90.4 Å². The molecule has 0 atom stereocenters. The minimum absolute atomic E-state index is 0.125. The number of amides is 1. The monoisotopic (exact) mass is 524 g/mol. The Morgan fingerprint density at radius 2 is 1.54 bits per heavy atom. The molecule has 200 valence electrons. The van der Waals surface area contributed by atoms with E-state index in [0.717, 1.165) is 47.1 Å². The van der Waals surface area contributed by atoms with Crippen molar-refractivity contribution < 1.29 is 23.6 Å². The fourth-order valence-corrected chi connectivity index (χ4v) is 4.96. The molecule has 3 aromatic carbocycles. The second kappa shape index (κ2) is 11.6. The normalized spacial score (nSPS) is 13.8. The summed E-state index contributed by atoms with van der Waals surface area (Å²) in [7, 11) is 0. The van der Waals surface area contributed by atoms with Crippen LogP contribution in [-0.2, 0) is 26.1 Å². The first-order chi connectivity index (χ1) is 19.0. The number of aryl methyl sites for hydroxylation is 1. The Balaban J connectivity index is 1.25. The van der Waals surface area contributed by atoms with E-state index in [-0.39, 0.29) is 12.6 Å². The first-order valence-corrected chi connectivity index (χ1v) is 13.3. The molecule has 5 rings (SSSR count). The molecular weight excluding hydrogens is 492 g/mol. The van der Waals surface area contributed by atoms with Gasteiger partial charge in [0.2, 0.25) is 0 Å². The first-order valence-electron chi connectivity index (χ1n) is 13.3. The Kier molecular flexibility index (Phi) is 7.77. The molecule has 1 aliphatic rings. The Morgan fingerprint density at radius 1 is 0.897 bits per heavy atom. The third-order valence-corrected chi connectivity index (χ3v) is 7.35. The second-order valence-corrected chi connectivity index (χ2v) is 9.78. The van der Waals surface area contributed by atoms with E-state index in [0.29, 0.717) is 30.2 Å². The number of anilines is 1. The van der Waals surface area contributed by atoms with Crippen molar-refractivity contribution in [2.24, 2.45) is 0 Å². The van der Waals surface area contributed by atoms with Crippen LogP contribution in [0.15, 0.2) is 83.4 Å². The van der Waals surface area contributed by atoms with Crippen molar-refractivity contribution in [3.05, 3.63) is 95.7 Å². The molecule has 0 unspecified atom stereocenters. The lowest BCUT2D eigenvalue weighted by atomic mass is 9.64. The van der Waals surface area contributed by atoms with Crippen LogP contribution < -0.4 is 5.32 Å². The number of hydrogen-bond donors (Lipinski definition) is 1. The molecule has 0 bridgehead atoms. The van der Waals surface area contributed by atoms with E-state index >= 15 is 0 Å². The van der Waals surface area contributed by atoms with Crippen molar-refractivity contribution >= 4 is 17.7 Å². The fourth-order valence-electron chi connectivity index (χ4n) is 4.96. The van der Waals surface area contributed by atoms with Gasteiger partial charge in [-0.15, -0.1) is 0 Å². The van der Waals surface area contributed by atoms with Gasteiger partial charge in [0.15, 0.2) is 5.76 Å². The summed E-state index contributed by atoms with van der Waals surface area (Å²) in [4.78, 5) is 25.1. The standard InChI is InChI=1S/C32H32N2O5/c1-3-37-30(35)32(19-7-20-32)27-16-14-25(15-17-27)24-10-12-26(13-11-24)29-28(22(2)34-39-29)33-31(36)38-21-18-23-8-5-4-6-9-23/h4-6,8-17H,3,7,18-21H2,1-2H3,(H,33,36). The number of rotatable bonds is 9. The van der Waals surface area contributed by atoms with Crippen LogP contribution in [0.5, 0.6) is 0 Å². The van der Waals surface area contributed by atoms with Crippen molar-refractivity contribution in [2.75, 3.05) is 18.5 Å². The molecule has 0 spiro atoms. The Labute approximate surface area is 228 Å². The van der Waals surface area contributed by atoms with E-state index in [4.69, 9.17) is 14.0 Å². The lowest BCUT2D eigenvalue weighted by Gasteiger charge is -2.39. The molecule has 1 heterocycles. The van der Waals surface area contributed by atoms with Crippen LogP contribution in [0.4, 0.5) is 10.5 Å². The maximum Gasteiger partial charge on any atom is 0.411 e. The molecule has 1 fully saturated rings. The van der Waals surface area contributed by atoms with Crippen molar-refractivity contribution in [1.29, 1.82) is 0 Å². The van der Waals surface area contributed by atoms with E-state index in [2.05, 4.69) is 10.5 Å². The largest absolute Gasteiger partial charge is 0.465 e. The Morgan fingerprint density at radius 3 is 2.15 bits per heavy atom. The predicted molar refractivity (Wildman–Crippen MR) is 149 cm³/mol. The summed E-state index contributed by atoms with van der Waals surface area (Å²) in [5, 5.41) is 6.83. The number of ether oxygens (including phenoxy) is 2. The van der Waals surface area contributed by atoms with Gasteiger partial charge in [0.05, 0.1) is 18.6 Å². The van der Waals surface area contributed by atoms with Gasteiger partial charge < -0.3 is 14.0 Å². The maximum absolute atomic E-state index is 12.6. The lowest BCUT2D eigenvalue weighted by Crippen LogP contribution is -2.43. The van der Waals surface area contributed by atoms with Gasteiger partial charge in [0, 0.05) is 12.0 Å². The van der Waals surface area contributed by atoms with Gasteiger partial charge in [-0.3, -0.25) is 10.1 Å². The minimum atomic E-state index is -0.553. The molecule has 1 N–H and O–H groups in total. The van der Waals surface area contributed by atoms with Crippen molar-refractivity contribution in [3.63, 3.8) is 0 Å². The molecule has 1 amide bonds. The van der Waals surface area contributed by atoms with Crippen LogP contribution in [0.1, 0.15) is 43.0 Å². The van der Waals surface area contributed by atoms with Gasteiger partial charge in [-0.05, 0) is 48.9 Å². The first kappa shape index (κ1) is 26.2. The van der Waals surface area contributed by atoms with Crippen LogP contribution in [0.3, 0.4) is 0 Å². The van der Waals surface area contributed by atoms with Crippen LogP contribution in [-0.4, -0.2) is 30.4 Å². The molecule has 1 aromatic heterocycles. The number of carbonyl (C=O) groups is 2. The van der Waals surface area contributed by atoms with Gasteiger partial charge in [-0.25, -0.2) is 4.79 Å². The maximum atomic E-state index is 12.6. The van der Waals surface area contributed by atoms with E-state index in [1.54, 1.807) is 6.92 Å². The number of carbonyl (C=O) groups excluding carboxylic acids is 2. The Bertz CT molecular complexity index is 1420. The molecular formula is C32H32N2O5. The minimum Gasteiger partial charge on any atom is -0.465 e. The van der Waals surface area contributed by atoms with E-state index < -0.39 is 11.5 Å². The zero-order valence-corrected chi connectivity index (χ0v) is 22.2. The van der Waals surface area contributed by atoms with E-state index in [9.17, 15) is 9.59 Å². The molecule has 1 aliphatic carbocycles. The summed E-state index contributed by atoms with van der Waals surface area (Å²) in [6.07, 6.45) is 2.77. The topological polar surface area (TPSA) is 90.7 Å². The van der Waals surface area contributed by atoms with Crippen molar-refractivity contribution in [2.45, 2.75) is 44.9 Å². The second-order valence-electron chi connectivity index (χ2n) is 9.78. The Hall–Kier alpha value is -4.39. The van der Waals surface area contributed by atoms with Gasteiger partial charge >= 0.3 is 12.1 Å². The number of hydrogen-bond acceptors (Lipinski definition) is 6. The molecule has 39 heavy (non-hydrogen) atoms. The summed E-state index contributed by atoms with van der Waals surface area (Å²) in [5.41, 5.74) is 5.51. The third kappa shape index (κ3) is 5.58. The van der Waals surface area contributed by atoms with Crippen molar-refractivity contribution in [1.82, 2.24) is 5.16 Å². The zero-order chi connectivity index (χ0) is 27.2. The summed E-state index contributed by atoms with van der Waals surface area (Å²) in [6.45, 7) is 4.27. The van der Waals surface area contributed by atoms with Gasteiger partial charge in [-0.2, -0.15) is 0 Å². The van der Waals surface area contributed by atoms with Gasteiger partial charge in [0.1, 0.15) is 11.4 Å². The molecule has 7 heteroatoms. The zero-order valence-electron chi connectivity index (χ0n) is 22.2.